The number of amides is 2. The van der Waals surface area contributed by atoms with Crippen molar-refractivity contribution in [1.29, 1.82) is 0 Å². The van der Waals surface area contributed by atoms with Crippen molar-refractivity contribution >= 4 is 28.8 Å². The lowest BCUT2D eigenvalue weighted by atomic mass is 10.0. The molecule has 1 saturated carbocycles. The van der Waals surface area contributed by atoms with Crippen LogP contribution in [0.2, 0.25) is 0 Å². The van der Waals surface area contributed by atoms with E-state index in [1.807, 2.05) is 30.0 Å². The second kappa shape index (κ2) is 6.06. The van der Waals surface area contributed by atoms with Crippen LogP contribution < -0.4 is 5.32 Å². The Kier molecular flexibility index (Phi) is 3.88. The Labute approximate surface area is 145 Å². The summed E-state index contributed by atoms with van der Waals surface area (Å²) in [6.45, 7) is 3.34. The Morgan fingerprint density at radius 3 is 2.88 bits per heavy atom. The third-order valence-electron chi connectivity index (χ3n) is 4.87. The molecular formula is C19H20N2O2S. The van der Waals surface area contributed by atoms with Crippen LogP contribution in [-0.4, -0.2) is 23.3 Å². The Morgan fingerprint density at radius 2 is 2.08 bits per heavy atom. The molecule has 1 aromatic heterocycles. The molecule has 24 heavy (non-hydrogen) atoms. The monoisotopic (exact) mass is 340 g/mol. The van der Waals surface area contributed by atoms with Gasteiger partial charge in [-0.2, -0.15) is 0 Å². The SMILES string of the molecule is Cc1c(NC(=O)C2CC2)cccc1C(=O)N1CCc2sccc2C1. The standard InChI is InChI=1S/C19H20N2O2S/c1-12-15(3-2-4-16(12)20-18(22)13-5-6-13)19(23)21-9-7-17-14(11-21)8-10-24-17/h2-4,8,10,13H,5-7,9,11H2,1H3,(H,20,22). The van der Waals surface area contributed by atoms with E-state index in [0.29, 0.717) is 12.1 Å². The van der Waals surface area contributed by atoms with Gasteiger partial charge in [0.15, 0.2) is 0 Å². The molecule has 0 bridgehead atoms. The van der Waals surface area contributed by atoms with Gasteiger partial charge in [0.25, 0.3) is 5.91 Å². The molecule has 0 radical (unpaired) electrons. The molecule has 1 aliphatic heterocycles. The second-order valence-electron chi connectivity index (χ2n) is 6.59. The number of nitrogens with one attached hydrogen (secondary N) is 1. The number of anilines is 1. The molecule has 0 atom stereocenters. The van der Waals surface area contributed by atoms with Gasteiger partial charge in [0.05, 0.1) is 0 Å². The first-order valence-corrected chi connectivity index (χ1v) is 9.26. The minimum Gasteiger partial charge on any atom is -0.334 e. The fourth-order valence-corrected chi connectivity index (χ4v) is 4.06. The van der Waals surface area contributed by atoms with E-state index >= 15 is 0 Å². The first kappa shape index (κ1) is 15.4. The quantitative estimate of drug-likeness (QED) is 0.928. The van der Waals surface area contributed by atoms with E-state index in [9.17, 15) is 9.59 Å². The minimum absolute atomic E-state index is 0.0480. The van der Waals surface area contributed by atoms with E-state index in [1.54, 1.807) is 11.3 Å². The third-order valence-corrected chi connectivity index (χ3v) is 5.89. The highest BCUT2D eigenvalue weighted by Gasteiger charge is 2.30. The van der Waals surface area contributed by atoms with Gasteiger partial charge in [-0.3, -0.25) is 9.59 Å². The van der Waals surface area contributed by atoms with Crippen molar-refractivity contribution in [2.45, 2.75) is 32.7 Å². The largest absolute Gasteiger partial charge is 0.334 e. The molecule has 2 aromatic rings. The lowest BCUT2D eigenvalue weighted by molar-refractivity contribution is -0.117. The summed E-state index contributed by atoms with van der Waals surface area (Å²) in [4.78, 5) is 28.3. The molecule has 1 aliphatic carbocycles. The Hall–Kier alpha value is -2.14. The minimum atomic E-state index is 0.0480. The summed E-state index contributed by atoms with van der Waals surface area (Å²) in [5, 5.41) is 5.07. The molecule has 1 fully saturated rings. The first-order valence-electron chi connectivity index (χ1n) is 8.38. The van der Waals surface area contributed by atoms with E-state index in [2.05, 4.69) is 16.8 Å². The predicted molar refractivity (Wildman–Crippen MR) is 95.3 cm³/mol. The van der Waals surface area contributed by atoms with Crippen molar-refractivity contribution in [3.05, 3.63) is 51.2 Å². The van der Waals surface area contributed by atoms with Crippen LogP contribution in [0.3, 0.4) is 0 Å². The van der Waals surface area contributed by atoms with Gasteiger partial charge in [0, 0.05) is 35.1 Å². The fraction of sp³-hybridized carbons (Fsp3) is 0.368. The zero-order valence-electron chi connectivity index (χ0n) is 13.7. The average molecular weight is 340 g/mol. The molecule has 0 saturated heterocycles. The van der Waals surface area contributed by atoms with Crippen molar-refractivity contribution in [3.63, 3.8) is 0 Å². The molecule has 1 N–H and O–H groups in total. The maximum absolute atomic E-state index is 13.0. The number of hydrogen-bond acceptors (Lipinski definition) is 3. The van der Waals surface area contributed by atoms with Crippen LogP contribution in [0.25, 0.3) is 0 Å². The number of carbonyl (C=O) groups excluding carboxylic acids is 2. The zero-order valence-corrected chi connectivity index (χ0v) is 14.5. The molecule has 2 aliphatic rings. The number of benzene rings is 1. The normalized spacial score (nSPS) is 16.6. The van der Waals surface area contributed by atoms with Crippen molar-refractivity contribution < 1.29 is 9.59 Å². The van der Waals surface area contributed by atoms with Crippen LogP contribution in [0.15, 0.2) is 29.6 Å². The molecule has 0 spiro atoms. The summed E-state index contributed by atoms with van der Waals surface area (Å²) < 4.78 is 0. The summed E-state index contributed by atoms with van der Waals surface area (Å²) >= 11 is 1.77. The highest BCUT2D eigenvalue weighted by Crippen LogP contribution is 2.31. The van der Waals surface area contributed by atoms with Gasteiger partial charge in [0.2, 0.25) is 5.91 Å². The number of nitrogens with zero attached hydrogens (tertiary/aromatic N) is 1. The van der Waals surface area contributed by atoms with Crippen LogP contribution in [0.4, 0.5) is 5.69 Å². The molecule has 4 nitrogen and oxygen atoms in total. The van der Waals surface area contributed by atoms with Crippen LogP contribution in [0.5, 0.6) is 0 Å². The summed E-state index contributed by atoms with van der Waals surface area (Å²) in [6, 6.07) is 7.69. The van der Waals surface area contributed by atoms with Crippen molar-refractivity contribution in [3.8, 4) is 0 Å². The molecule has 124 valence electrons. The summed E-state index contributed by atoms with van der Waals surface area (Å²) in [5.41, 5.74) is 3.55. The number of carbonyl (C=O) groups is 2. The maximum Gasteiger partial charge on any atom is 0.254 e. The topological polar surface area (TPSA) is 49.4 Å². The second-order valence-corrected chi connectivity index (χ2v) is 7.59. The Balaban J connectivity index is 1.55. The number of hydrogen-bond donors (Lipinski definition) is 1. The van der Waals surface area contributed by atoms with Crippen LogP contribution in [0.1, 0.15) is 39.2 Å². The van der Waals surface area contributed by atoms with E-state index in [0.717, 1.165) is 37.1 Å². The first-order chi connectivity index (χ1) is 11.6. The van der Waals surface area contributed by atoms with E-state index in [1.165, 1.54) is 10.4 Å². The Bertz CT molecular complexity index is 807. The molecule has 0 unspecified atom stereocenters. The van der Waals surface area contributed by atoms with E-state index in [4.69, 9.17) is 0 Å². The summed E-state index contributed by atoms with van der Waals surface area (Å²) in [6.07, 6.45) is 2.87. The van der Waals surface area contributed by atoms with Gasteiger partial charge >= 0.3 is 0 Å². The van der Waals surface area contributed by atoms with E-state index in [-0.39, 0.29) is 17.7 Å². The summed E-state index contributed by atoms with van der Waals surface area (Å²) in [5.74, 6) is 0.276. The van der Waals surface area contributed by atoms with Gasteiger partial charge < -0.3 is 10.2 Å². The van der Waals surface area contributed by atoms with Crippen molar-refractivity contribution in [1.82, 2.24) is 4.90 Å². The van der Waals surface area contributed by atoms with Gasteiger partial charge in [-0.1, -0.05) is 6.07 Å². The molecule has 4 rings (SSSR count). The number of rotatable bonds is 3. The molecule has 2 amide bonds. The van der Waals surface area contributed by atoms with Crippen LogP contribution in [-0.2, 0) is 17.8 Å². The smallest absolute Gasteiger partial charge is 0.254 e. The third kappa shape index (κ3) is 2.84. The summed E-state index contributed by atoms with van der Waals surface area (Å²) in [7, 11) is 0. The van der Waals surface area contributed by atoms with Gasteiger partial charge in [-0.05, 0) is 60.9 Å². The van der Waals surface area contributed by atoms with E-state index < -0.39 is 0 Å². The number of fused-ring (bicyclic) bond motifs is 1. The molecule has 2 heterocycles. The van der Waals surface area contributed by atoms with Gasteiger partial charge in [-0.25, -0.2) is 0 Å². The molecule has 1 aromatic carbocycles. The lowest BCUT2D eigenvalue weighted by Gasteiger charge is -2.28. The molecular weight excluding hydrogens is 320 g/mol. The predicted octanol–water partition coefficient (Wildman–Crippen LogP) is 3.60. The van der Waals surface area contributed by atoms with Crippen LogP contribution >= 0.6 is 11.3 Å². The highest BCUT2D eigenvalue weighted by molar-refractivity contribution is 7.10. The average Bonchev–Trinajstić information content (AvgIpc) is 3.34. The Morgan fingerprint density at radius 1 is 1.25 bits per heavy atom. The molecule has 5 heteroatoms. The number of thiophene rings is 1. The highest BCUT2D eigenvalue weighted by atomic mass is 32.1. The fourth-order valence-electron chi connectivity index (χ4n) is 3.18. The maximum atomic E-state index is 13.0. The lowest BCUT2D eigenvalue weighted by Crippen LogP contribution is -2.35. The zero-order chi connectivity index (χ0) is 16.7. The van der Waals surface area contributed by atoms with Crippen molar-refractivity contribution in [2.75, 3.05) is 11.9 Å². The van der Waals surface area contributed by atoms with Crippen molar-refractivity contribution in [2.24, 2.45) is 5.92 Å². The van der Waals surface area contributed by atoms with Gasteiger partial charge in [-0.15, -0.1) is 11.3 Å². The van der Waals surface area contributed by atoms with Gasteiger partial charge in [0.1, 0.15) is 0 Å². The van der Waals surface area contributed by atoms with Crippen LogP contribution in [0, 0.1) is 12.8 Å².